The van der Waals surface area contributed by atoms with Gasteiger partial charge >= 0.3 is 0 Å². The zero-order chi connectivity index (χ0) is 12.1. The number of nitrogens with two attached hydrogens (primary N) is 1. The van der Waals surface area contributed by atoms with Crippen LogP contribution < -0.4 is 11.1 Å². The summed E-state index contributed by atoms with van der Waals surface area (Å²) in [5.41, 5.74) is 5.90. The maximum absolute atomic E-state index is 11.9. The molecule has 3 nitrogen and oxygen atoms in total. The van der Waals surface area contributed by atoms with Gasteiger partial charge in [0.05, 0.1) is 6.04 Å². The molecule has 0 aromatic heterocycles. The van der Waals surface area contributed by atoms with Crippen LogP contribution in [0.1, 0.15) is 52.9 Å². The first-order valence-corrected chi connectivity index (χ1v) is 6.60. The number of hydrogen-bond acceptors (Lipinski definition) is 2. The summed E-state index contributed by atoms with van der Waals surface area (Å²) in [6.45, 7) is 6.39. The molecule has 0 spiro atoms. The molecule has 1 aliphatic carbocycles. The van der Waals surface area contributed by atoms with Crippen molar-refractivity contribution in [3.05, 3.63) is 0 Å². The molecule has 3 N–H and O–H groups in total. The molecule has 0 radical (unpaired) electrons. The van der Waals surface area contributed by atoms with E-state index in [9.17, 15) is 4.79 Å². The average molecular weight is 226 g/mol. The number of carbonyl (C=O) groups is 1. The van der Waals surface area contributed by atoms with E-state index >= 15 is 0 Å². The van der Waals surface area contributed by atoms with Gasteiger partial charge in [0.15, 0.2) is 0 Å². The van der Waals surface area contributed by atoms with Crippen molar-refractivity contribution in [1.82, 2.24) is 5.32 Å². The van der Waals surface area contributed by atoms with Crippen LogP contribution in [0, 0.1) is 11.8 Å². The lowest BCUT2D eigenvalue weighted by molar-refractivity contribution is -0.124. The Labute approximate surface area is 99.2 Å². The van der Waals surface area contributed by atoms with E-state index in [0.717, 1.165) is 25.2 Å². The summed E-state index contributed by atoms with van der Waals surface area (Å²) in [5.74, 6) is 1.12. The van der Waals surface area contributed by atoms with E-state index < -0.39 is 0 Å². The minimum atomic E-state index is -0.343. The van der Waals surface area contributed by atoms with Gasteiger partial charge in [-0.1, -0.05) is 27.2 Å². The van der Waals surface area contributed by atoms with Gasteiger partial charge in [0.1, 0.15) is 0 Å². The third-order valence-electron chi connectivity index (χ3n) is 3.92. The summed E-state index contributed by atoms with van der Waals surface area (Å²) in [4.78, 5) is 11.9. The summed E-state index contributed by atoms with van der Waals surface area (Å²) < 4.78 is 0. The summed E-state index contributed by atoms with van der Waals surface area (Å²) >= 11 is 0. The number of nitrogens with one attached hydrogen (secondary N) is 1. The van der Waals surface area contributed by atoms with Gasteiger partial charge in [-0.05, 0) is 37.5 Å². The van der Waals surface area contributed by atoms with Gasteiger partial charge in [-0.15, -0.1) is 0 Å². The molecular weight excluding hydrogens is 200 g/mol. The van der Waals surface area contributed by atoms with Crippen LogP contribution in [0.4, 0.5) is 0 Å². The SMILES string of the molecule is CCC(C)[C@H](N)C(=O)NC1CCC(C)CC1. The molecule has 1 saturated carbocycles. The first kappa shape index (κ1) is 13.5. The van der Waals surface area contributed by atoms with E-state index in [1.807, 2.05) is 6.92 Å². The van der Waals surface area contributed by atoms with Gasteiger partial charge in [0.2, 0.25) is 5.91 Å². The molecule has 1 amide bonds. The van der Waals surface area contributed by atoms with Crippen LogP contribution >= 0.6 is 0 Å². The third-order valence-corrected chi connectivity index (χ3v) is 3.92. The summed E-state index contributed by atoms with van der Waals surface area (Å²) in [5, 5.41) is 3.09. The second kappa shape index (κ2) is 6.24. The summed E-state index contributed by atoms with van der Waals surface area (Å²) in [7, 11) is 0. The van der Waals surface area contributed by atoms with Crippen molar-refractivity contribution in [3.8, 4) is 0 Å². The topological polar surface area (TPSA) is 55.1 Å². The molecule has 1 rings (SSSR count). The molecule has 0 bridgehead atoms. The molecule has 0 aromatic rings. The third kappa shape index (κ3) is 3.78. The fourth-order valence-electron chi connectivity index (χ4n) is 2.21. The molecule has 1 unspecified atom stereocenters. The predicted molar refractivity (Wildman–Crippen MR) is 67.0 cm³/mol. The van der Waals surface area contributed by atoms with Crippen LogP contribution in [0.2, 0.25) is 0 Å². The van der Waals surface area contributed by atoms with E-state index in [1.54, 1.807) is 0 Å². The van der Waals surface area contributed by atoms with E-state index in [-0.39, 0.29) is 17.9 Å². The van der Waals surface area contributed by atoms with Crippen molar-refractivity contribution in [2.24, 2.45) is 17.6 Å². The normalized spacial score (nSPS) is 29.5. The van der Waals surface area contributed by atoms with E-state index in [2.05, 4.69) is 19.2 Å². The molecule has 2 atom stereocenters. The van der Waals surface area contributed by atoms with Gasteiger partial charge < -0.3 is 11.1 Å². The van der Waals surface area contributed by atoms with Gasteiger partial charge in [0, 0.05) is 6.04 Å². The Kier molecular flexibility index (Phi) is 5.26. The zero-order valence-corrected chi connectivity index (χ0v) is 10.8. The van der Waals surface area contributed by atoms with Crippen LogP contribution in [-0.2, 0) is 4.79 Å². The van der Waals surface area contributed by atoms with Crippen molar-refractivity contribution in [3.63, 3.8) is 0 Å². The van der Waals surface area contributed by atoms with E-state index in [0.29, 0.717) is 6.04 Å². The van der Waals surface area contributed by atoms with Crippen molar-refractivity contribution >= 4 is 5.91 Å². The highest BCUT2D eigenvalue weighted by Gasteiger charge is 2.24. The molecule has 94 valence electrons. The summed E-state index contributed by atoms with van der Waals surface area (Å²) in [6, 6.07) is 0.0168. The molecule has 0 heterocycles. The highest BCUT2D eigenvalue weighted by Crippen LogP contribution is 2.23. The fourth-order valence-corrected chi connectivity index (χ4v) is 2.21. The van der Waals surface area contributed by atoms with Crippen molar-refractivity contribution in [2.75, 3.05) is 0 Å². The second-order valence-corrected chi connectivity index (χ2v) is 5.38. The monoisotopic (exact) mass is 226 g/mol. The minimum absolute atomic E-state index is 0.0360. The summed E-state index contributed by atoms with van der Waals surface area (Å²) in [6.07, 6.45) is 5.63. The Balaban J connectivity index is 2.33. The Bertz CT molecular complexity index is 222. The van der Waals surface area contributed by atoms with Gasteiger partial charge in [-0.2, -0.15) is 0 Å². The van der Waals surface area contributed by atoms with Crippen LogP contribution in [0.15, 0.2) is 0 Å². The first-order chi connectivity index (χ1) is 7.54. The number of amides is 1. The molecule has 1 fully saturated rings. The zero-order valence-electron chi connectivity index (χ0n) is 10.8. The number of carbonyl (C=O) groups excluding carboxylic acids is 1. The average Bonchev–Trinajstić information content (AvgIpc) is 2.30. The first-order valence-electron chi connectivity index (χ1n) is 6.60. The van der Waals surface area contributed by atoms with Gasteiger partial charge in [-0.25, -0.2) is 0 Å². The highest BCUT2D eigenvalue weighted by molar-refractivity contribution is 5.82. The molecule has 0 saturated heterocycles. The minimum Gasteiger partial charge on any atom is -0.352 e. The largest absolute Gasteiger partial charge is 0.352 e. The van der Waals surface area contributed by atoms with Crippen molar-refractivity contribution < 1.29 is 4.79 Å². The quantitative estimate of drug-likeness (QED) is 0.771. The molecule has 16 heavy (non-hydrogen) atoms. The highest BCUT2D eigenvalue weighted by atomic mass is 16.2. The number of rotatable bonds is 4. The van der Waals surface area contributed by atoms with Crippen LogP contribution in [0.5, 0.6) is 0 Å². The second-order valence-electron chi connectivity index (χ2n) is 5.38. The lowest BCUT2D eigenvalue weighted by Gasteiger charge is -2.28. The number of hydrogen-bond donors (Lipinski definition) is 2. The standard InChI is InChI=1S/C13H26N2O/c1-4-10(3)12(14)13(16)15-11-7-5-9(2)6-8-11/h9-12H,4-8,14H2,1-3H3,(H,15,16)/t9?,10?,11?,12-/m0/s1. The Hall–Kier alpha value is -0.570. The fraction of sp³-hybridized carbons (Fsp3) is 0.923. The lowest BCUT2D eigenvalue weighted by Crippen LogP contribution is -2.49. The van der Waals surface area contributed by atoms with Gasteiger partial charge in [-0.3, -0.25) is 4.79 Å². The molecule has 0 aromatic carbocycles. The molecule has 1 aliphatic rings. The Morgan fingerprint density at radius 1 is 1.38 bits per heavy atom. The smallest absolute Gasteiger partial charge is 0.237 e. The van der Waals surface area contributed by atoms with Crippen LogP contribution in [0.3, 0.4) is 0 Å². The Morgan fingerprint density at radius 3 is 2.44 bits per heavy atom. The van der Waals surface area contributed by atoms with Gasteiger partial charge in [0.25, 0.3) is 0 Å². The maximum Gasteiger partial charge on any atom is 0.237 e. The molecule has 0 aliphatic heterocycles. The molecular formula is C13H26N2O. The van der Waals surface area contributed by atoms with E-state index in [4.69, 9.17) is 5.73 Å². The van der Waals surface area contributed by atoms with Crippen molar-refractivity contribution in [1.29, 1.82) is 0 Å². The van der Waals surface area contributed by atoms with E-state index in [1.165, 1.54) is 12.8 Å². The maximum atomic E-state index is 11.9. The van der Waals surface area contributed by atoms with Crippen molar-refractivity contribution in [2.45, 2.75) is 65.0 Å². The lowest BCUT2D eigenvalue weighted by atomic mass is 9.87. The van der Waals surface area contributed by atoms with Crippen LogP contribution in [-0.4, -0.2) is 18.0 Å². The Morgan fingerprint density at radius 2 is 1.94 bits per heavy atom. The molecule has 3 heteroatoms. The predicted octanol–water partition coefficient (Wildman–Crippen LogP) is 2.05. The van der Waals surface area contributed by atoms with Crippen LogP contribution in [0.25, 0.3) is 0 Å².